The summed E-state index contributed by atoms with van der Waals surface area (Å²) >= 11 is 0. The summed E-state index contributed by atoms with van der Waals surface area (Å²) in [6.45, 7) is 1.89. The van der Waals surface area contributed by atoms with Gasteiger partial charge >= 0.3 is 0 Å². The summed E-state index contributed by atoms with van der Waals surface area (Å²) in [6, 6.07) is 10.4. The van der Waals surface area contributed by atoms with Crippen LogP contribution in [0.2, 0.25) is 0 Å². The number of ether oxygens (including phenoxy) is 2. The Hall–Kier alpha value is -3.09. The number of methoxy groups -OCH3 is 2. The monoisotopic (exact) mass is 355 g/mol. The molecule has 0 unspecified atom stereocenters. The minimum Gasteiger partial charge on any atom is -0.497 e. The van der Waals surface area contributed by atoms with E-state index in [1.54, 1.807) is 66.6 Å². The molecule has 0 saturated carbocycles. The molecular formula is C19H21N3O4. The lowest BCUT2D eigenvalue weighted by molar-refractivity contribution is 0.0532. The van der Waals surface area contributed by atoms with E-state index in [2.05, 4.69) is 4.98 Å². The van der Waals surface area contributed by atoms with Gasteiger partial charge in [-0.3, -0.25) is 14.6 Å². The van der Waals surface area contributed by atoms with Gasteiger partial charge in [-0.25, -0.2) is 0 Å². The molecule has 2 amide bonds. The van der Waals surface area contributed by atoms with Crippen molar-refractivity contribution >= 4 is 11.8 Å². The molecule has 1 saturated heterocycles. The molecule has 7 nitrogen and oxygen atoms in total. The van der Waals surface area contributed by atoms with Gasteiger partial charge in [0.15, 0.2) is 0 Å². The Morgan fingerprint density at radius 2 is 1.46 bits per heavy atom. The Labute approximate surface area is 152 Å². The normalized spacial score (nSPS) is 14.1. The van der Waals surface area contributed by atoms with E-state index in [4.69, 9.17) is 9.47 Å². The van der Waals surface area contributed by atoms with E-state index in [0.29, 0.717) is 48.9 Å². The van der Waals surface area contributed by atoms with Crippen LogP contribution in [0.25, 0.3) is 0 Å². The lowest BCUT2D eigenvalue weighted by Gasteiger charge is -2.34. The molecule has 1 aromatic carbocycles. The second-order valence-electron chi connectivity index (χ2n) is 5.90. The van der Waals surface area contributed by atoms with Crippen molar-refractivity contribution < 1.29 is 19.1 Å². The molecule has 1 aliphatic heterocycles. The number of rotatable bonds is 4. The molecule has 1 aromatic heterocycles. The standard InChI is InChI=1S/C19H21N3O4/c1-25-15-11-14(12-16(13-15)26-2)18(23)21-7-9-22(10-8-21)19(24)17-5-3-4-6-20-17/h3-6,11-13H,7-10H2,1-2H3. The SMILES string of the molecule is COc1cc(OC)cc(C(=O)N2CCN(C(=O)c3ccccn3)CC2)c1. The minimum absolute atomic E-state index is 0.105. The molecule has 0 radical (unpaired) electrons. The van der Waals surface area contributed by atoms with Gasteiger partial charge in [0.25, 0.3) is 11.8 Å². The molecule has 136 valence electrons. The smallest absolute Gasteiger partial charge is 0.272 e. The van der Waals surface area contributed by atoms with Crippen LogP contribution >= 0.6 is 0 Å². The van der Waals surface area contributed by atoms with Gasteiger partial charge in [-0.2, -0.15) is 0 Å². The minimum atomic E-state index is -0.110. The first-order valence-corrected chi connectivity index (χ1v) is 8.35. The van der Waals surface area contributed by atoms with Gasteiger partial charge < -0.3 is 19.3 Å². The molecule has 0 aliphatic carbocycles. The predicted octanol–water partition coefficient (Wildman–Crippen LogP) is 1.70. The fourth-order valence-electron chi connectivity index (χ4n) is 2.88. The van der Waals surface area contributed by atoms with Crippen LogP contribution in [0.3, 0.4) is 0 Å². The van der Waals surface area contributed by atoms with Crippen LogP contribution in [0.1, 0.15) is 20.8 Å². The van der Waals surface area contributed by atoms with E-state index in [0.717, 1.165) is 0 Å². The Morgan fingerprint density at radius 3 is 1.96 bits per heavy atom. The summed E-state index contributed by atoms with van der Waals surface area (Å²) in [6.07, 6.45) is 1.60. The third kappa shape index (κ3) is 3.77. The maximum atomic E-state index is 12.8. The summed E-state index contributed by atoms with van der Waals surface area (Å²) in [4.78, 5) is 32.8. The molecule has 1 aliphatic rings. The number of amides is 2. The van der Waals surface area contributed by atoms with Gasteiger partial charge in [-0.05, 0) is 24.3 Å². The van der Waals surface area contributed by atoms with Gasteiger partial charge in [0.2, 0.25) is 0 Å². The maximum Gasteiger partial charge on any atom is 0.272 e. The van der Waals surface area contributed by atoms with Crippen LogP contribution in [-0.2, 0) is 0 Å². The van der Waals surface area contributed by atoms with Crippen molar-refractivity contribution in [3.05, 3.63) is 53.9 Å². The summed E-state index contributed by atoms with van der Waals surface area (Å²) in [5.74, 6) is 0.918. The van der Waals surface area contributed by atoms with Crippen LogP contribution in [0, 0.1) is 0 Å². The first kappa shape index (κ1) is 17.7. The van der Waals surface area contributed by atoms with Crippen LogP contribution in [0.15, 0.2) is 42.6 Å². The third-order valence-corrected chi connectivity index (χ3v) is 4.34. The molecule has 3 rings (SSSR count). The Bertz CT molecular complexity index is 764. The quantitative estimate of drug-likeness (QED) is 0.835. The molecule has 0 N–H and O–H groups in total. The fourth-order valence-corrected chi connectivity index (χ4v) is 2.88. The van der Waals surface area contributed by atoms with Gasteiger partial charge in [-0.15, -0.1) is 0 Å². The Morgan fingerprint density at radius 1 is 0.885 bits per heavy atom. The van der Waals surface area contributed by atoms with E-state index >= 15 is 0 Å². The highest BCUT2D eigenvalue weighted by Crippen LogP contribution is 2.24. The summed E-state index contributed by atoms with van der Waals surface area (Å²) in [5.41, 5.74) is 0.926. The molecule has 0 spiro atoms. The molecular weight excluding hydrogens is 334 g/mol. The zero-order chi connectivity index (χ0) is 18.5. The number of pyridine rings is 1. The van der Waals surface area contributed by atoms with Crippen molar-refractivity contribution in [2.45, 2.75) is 0 Å². The van der Waals surface area contributed by atoms with E-state index in [-0.39, 0.29) is 11.8 Å². The van der Waals surface area contributed by atoms with E-state index in [1.165, 1.54) is 0 Å². The van der Waals surface area contributed by atoms with Crippen molar-refractivity contribution in [1.29, 1.82) is 0 Å². The highest BCUT2D eigenvalue weighted by Gasteiger charge is 2.26. The number of carbonyl (C=O) groups excluding carboxylic acids is 2. The lowest BCUT2D eigenvalue weighted by Crippen LogP contribution is -2.50. The highest BCUT2D eigenvalue weighted by molar-refractivity contribution is 5.96. The van der Waals surface area contributed by atoms with Gasteiger partial charge in [-0.1, -0.05) is 6.07 Å². The zero-order valence-electron chi connectivity index (χ0n) is 14.8. The second-order valence-corrected chi connectivity index (χ2v) is 5.90. The first-order chi connectivity index (χ1) is 12.6. The first-order valence-electron chi connectivity index (χ1n) is 8.35. The molecule has 0 atom stereocenters. The Balaban J connectivity index is 1.66. The number of benzene rings is 1. The lowest BCUT2D eigenvalue weighted by atomic mass is 10.1. The van der Waals surface area contributed by atoms with E-state index in [1.807, 2.05) is 0 Å². The van der Waals surface area contributed by atoms with Gasteiger partial charge in [0.1, 0.15) is 17.2 Å². The zero-order valence-corrected chi connectivity index (χ0v) is 14.8. The van der Waals surface area contributed by atoms with Crippen molar-refractivity contribution in [3.63, 3.8) is 0 Å². The number of carbonyl (C=O) groups is 2. The molecule has 7 heteroatoms. The van der Waals surface area contributed by atoms with Gasteiger partial charge in [0, 0.05) is 44.0 Å². The predicted molar refractivity (Wildman–Crippen MR) is 95.6 cm³/mol. The van der Waals surface area contributed by atoms with Gasteiger partial charge in [0.05, 0.1) is 14.2 Å². The molecule has 2 heterocycles. The Kier molecular flexibility index (Phi) is 5.36. The van der Waals surface area contributed by atoms with Crippen molar-refractivity contribution in [3.8, 4) is 11.5 Å². The molecule has 26 heavy (non-hydrogen) atoms. The fraction of sp³-hybridized carbons (Fsp3) is 0.316. The maximum absolute atomic E-state index is 12.8. The number of nitrogens with zero attached hydrogens (tertiary/aromatic N) is 3. The topological polar surface area (TPSA) is 72.0 Å². The van der Waals surface area contributed by atoms with Crippen LogP contribution in [-0.4, -0.2) is 67.0 Å². The largest absolute Gasteiger partial charge is 0.497 e. The second kappa shape index (κ2) is 7.86. The van der Waals surface area contributed by atoms with Crippen LogP contribution in [0.5, 0.6) is 11.5 Å². The van der Waals surface area contributed by atoms with E-state index in [9.17, 15) is 9.59 Å². The number of aromatic nitrogens is 1. The third-order valence-electron chi connectivity index (χ3n) is 4.34. The molecule has 0 bridgehead atoms. The van der Waals surface area contributed by atoms with Crippen molar-refractivity contribution in [2.75, 3.05) is 40.4 Å². The van der Waals surface area contributed by atoms with Crippen LogP contribution < -0.4 is 9.47 Å². The average Bonchev–Trinajstić information content (AvgIpc) is 2.73. The van der Waals surface area contributed by atoms with Crippen molar-refractivity contribution in [1.82, 2.24) is 14.8 Å². The van der Waals surface area contributed by atoms with E-state index < -0.39 is 0 Å². The number of hydrogen-bond acceptors (Lipinski definition) is 5. The summed E-state index contributed by atoms with van der Waals surface area (Å²) < 4.78 is 10.4. The number of piperazine rings is 1. The molecule has 1 fully saturated rings. The van der Waals surface area contributed by atoms with Crippen molar-refractivity contribution in [2.24, 2.45) is 0 Å². The highest BCUT2D eigenvalue weighted by atomic mass is 16.5. The number of hydrogen-bond donors (Lipinski definition) is 0. The summed E-state index contributed by atoms with van der Waals surface area (Å²) in [5, 5.41) is 0. The average molecular weight is 355 g/mol. The summed E-state index contributed by atoms with van der Waals surface area (Å²) in [7, 11) is 3.09. The van der Waals surface area contributed by atoms with Crippen LogP contribution in [0.4, 0.5) is 0 Å². The molecule has 2 aromatic rings.